The standard InChI is InChI=1S/C13H10ClFN2O2S/c14-12-6-10(16)1-2-13(12)20-7-8-3-9(15)5-11(4-8)17(18)19/h1-6H,7,16H2. The summed E-state index contributed by atoms with van der Waals surface area (Å²) in [6.45, 7) is 0. The number of thioether (sulfide) groups is 1. The Kier molecular flexibility index (Phi) is 4.46. The second kappa shape index (κ2) is 6.11. The first kappa shape index (κ1) is 14.6. The van der Waals surface area contributed by atoms with E-state index in [1.54, 1.807) is 18.2 Å². The number of benzene rings is 2. The minimum atomic E-state index is -0.627. The molecule has 0 saturated carbocycles. The van der Waals surface area contributed by atoms with Crippen molar-refractivity contribution in [1.29, 1.82) is 0 Å². The molecule has 2 aromatic rings. The van der Waals surface area contributed by atoms with Gasteiger partial charge in [-0.15, -0.1) is 11.8 Å². The summed E-state index contributed by atoms with van der Waals surface area (Å²) in [5, 5.41) is 11.2. The summed E-state index contributed by atoms with van der Waals surface area (Å²) >= 11 is 7.39. The first-order valence-electron chi connectivity index (χ1n) is 5.57. The summed E-state index contributed by atoms with van der Waals surface area (Å²) in [7, 11) is 0. The van der Waals surface area contributed by atoms with Crippen LogP contribution in [-0.2, 0) is 5.75 Å². The minimum absolute atomic E-state index is 0.260. The lowest BCUT2D eigenvalue weighted by molar-refractivity contribution is -0.385. The number of non-ortho nitro benzene ring substituents is 1. The monoisotopic (exact) mass is 312 g/mol. The van der Waals surface area contributed by atoms with E-state index in [4.69, 9.17) is 17.3 Å². The number of anilines is 1. The smallest absolute Gasteiger partial charge is 0.272 e. The van der Waals surface area contributed by atoms with E-state index < -0.39 is 10.7 Å². The Hall–Kier alpha value is -1.79. The molecule has 4 nitrogen and oxygen atoms in total. The summed E-state index contributed by atoms with van der Waals surface area (Å²) in [5.74, 6) is -0.249. The van der Waals surface area contributed by atoms with Crippen LogP contribution in [0.5, 0.6) is 0 Å². The Morgan fingerprint density at radius 1 is 1.30 bits per heavy atom. The Morgan fingerprint density at radius 2 is 2.05 bits per heavy atom. The van der Waals surface area contributed by atoms with Crippen molar-refractivity contribution in [2.24, 2.45) is 0 Å². The van der Waals surface area contributed by atoms with Gasteiger partial charge in [-0.25, -0.2) is 4.39 Å². The van der Waals surface area contributed by atoms with Gasteiger partial charge in [-0.3, -0.25) is 10.1 Å². The van der Waals surface area contributed by atoms with Crippen molar-refractivity contribution >= 4 is 34.7 Å². The van der Waals surface area contributed by atoms with Crippen LogP contribution in [0.25, 0.3) is 0 Å². The Balaban J connectivity index is 2.16. The Morgan fingerprint density at radius 3 is 2.70 bits per heavy atom. The van der Waals surface area contributed by atoms with Crippen LogP contribution in [0.1, 0.15) is 5.56 Å². The zero-order chi connectivity index (χ0) is 14.7. The van der Waals surface area contributed by atoms with Crippen molar-refractivity contribution in [3.8, 4) is 0 Å². The van der Waals surface area contributed by atoms with Gasteiger partial charge in [-0.2, -0.15) is 0 Å². The van der Waals surface area contributed by atoms with Gasteiger partial charge in [0, 0.05) is 22.4 Å². The van der Waals surface area contributed by atoms with Crippen molar-refractivity contribution in [2.75, 3.05) is 5.73 Å². The zero-order valence-electron chi connectivity index (χ0n) is 10.2. The van der Waals surface area contributed by atoms with E-state index in [0.717, 1.165) is 11.0 Å². The number of halogens is 2. The average molecular weight is 313 g/mol. The van der Waals surface area contributed by atoms with E-state index in [1.807, 2.05) is 0 Å². The molecule has 0 unspecified atom stereocenters. The molecule has 2 rings (SSSR count). The largest absolute Gasteiger partial charge is 0.399 e. The molecular formula is C13H10ClFN2O2S. The molecule has 0 spiro atoms. The average Bonchev–Trinajstić information content (AvgIpc) is 2.37. The summed E-state index contributed by atoms with van der Waals surface area (Å²) in [4.78, 5) is 10.8. The number of nitro groups is 1. The topological polar surface area (TPSA) is 69.2 Å². The molecule has 0 aromatic heterocycles. The highest BCUT2D eigenvalue weighted by atomic mass is 35.5. The van der Waals surface area contributed by atoms with Gasteiger partial charge in [0.1, 0.15) is 5.82 Å². The molecule has 0 aliphatic heterocycles. The lowest BCUT2D eigenvalue weighted by atomic mass is 10.2. The van der Waals surface area contributed by atoms with Crippen LogP contribution in [0.15, 0.2) is 41.3 Å². The maximum Gasteiger partial charge on any atom is 0.272 e. The maximum atomic E-state index is 13.3. The number of hydrogen-bond donors (Lipinski definition) is 1. The summed E-state index contributed by atoms with van der Waals surface area (Å²) in [5.41, 5.74) is 6.41. The zero-order valence-corrected chi connectivity index (χ0v) is 11.7. The lowest BCUT2D eigenvalue weighted by Crippen LogP contribution is -1.92. The fourth-order valence-corrected chi connectivity index (χ4v) is 2.82. The molecule has 0 bridgehead atoms. The molecule has 0 heterocycles. The minimum Gasteiger partial charge on any atom is -0.399 e. The van der Waals surface area contributed by atoms with Crippen LogP contribution in [0.3, 0.4) is 0 Å². The van der Waals surface area contributed by atoms with Crippen molar-refractivity contribution in [1.82, 2.24) is 0 Å². The van der Waals surface area contributed by atoms with Crippen LogP contribution in [-0.4, -0.2) is 4.92 Å². The first-order valence-corrected chi connectivity index (χ1v) is 6.94. The highest BCUT2D eigenvalue weighted by Gasteiger charge is 2.10. The fraction of sp³-hybridized carbons (Fsp3) is 0.0769. The van der Waals surface area contributed by atoms with Gasteiger partial charge in [-0.05, 0) is 29.8 Å². The number of nitro benzene ring substituents is 1. The molecule has 0 fully saturated rings. The van der Waals surface area contributed by atoms with Gasteiger partial charge in [0.15, 0.2) is 0 Å². The normalized spacial score (nSPS) is 10.5. The summed E-state index contributed by atoms with van der Waals surface area (Å²) in [6, 6.07) is 8.60. The molecule has 0 aliphatic carbocycles. The van der Waals surface area contributed by atoms with Crippen LogP contribution in [0.4, 0.5) is 15.8 Å². The predicted molar refractivity (Wildman–Crippen MR) is 78.5 cm³/mol. The molecule has 7 heteroatoms. The van der Waals surface area contributed by atoms with Crippen LogP contribution < -0.4 is 5.73 Å². The summed E-state index contributed by atoms with van der Waals surface area (Å²) < 4.78 is 13.3. The molecule has 0 aliphatic rings. The third kappa shape index (κ3) is 3.61. The van der Waals surface area contributed by atoms with E-state index >= 15 is 0 Å². The van der Waals surface area contributed by atoms with Gasteiger partial charge in [0.2, 0.25) is 0 Å². The van der Waals surface area contributed by atoms with Crippen LogP contribution in [0, 0.1) is 15.9 Å². The third-order valence-electron chi connectivity index (χ3n) is 2.50. The van der Waals surface area contributed by atoms with Gasteiger partial charge in [0.25, 0.3) is 5.69 Å². The lowest BCUT2D eigenvalue weighted by Gasteiger charge is -2.05. The third-order valence-corrected chi connectivity index (χ3v) is 4.07. The van der Waals surface area contributed by atoms with Crippen LogP contribution in [0.2, 0.25) is 5.02 Å². The Bertz CT molecular complexity index is 667. The van der Waals surface area contributed by atoms with E-state index in [0.29, 0.717) is 22.0 Å². The number of nitrogens with two attached hydrogens (primary N) is 1. The number of nitrogen functional groups attached to an aromatic ring is 1. The highest BCUT2D eigenvalue weighted by Crippen LogP contribution is 2.32. The molecule has 0 atom stereocenters. The molecule has 0 radical (unpaired) electrons. The van der Waals surface area contributed by atoms with Gasteiger partial charge >= 0.3 is 0 Å². The molecule has 0 amide bonds. The molecular weight excluding hydrogens is 303 g/mol. The van der Waals surface area contributed by atoms with E-state index in [1.165, 1.54) is 23.9 Å². The highest BCUT2D eigenvalue weighted by molar-refractivity contribution is 7.98. The van der Waals surface area contributed by atoms with Crippen molar-refractivity contribution < 1.29 is 9.31 Å². The second-order valence-corrected chi connectivity index (χ2v) is 5.48. The first-order chi connectivity index (χ1) is 9.45. The van der Waals surface area contributed by atoms with Gasteiger partial charge in [-0.1, -0.05) is 11.6 Å². The van der Waals surface area contributed by atoms with E-state index in [-0.39, 0.29) is 5.69 Å². The van der Waals surface area contributed by atoms with E-state index in [9.17, 15) is 14.5 Å². The second-order valence-electron chi connectivity index (χ2n) is 4.05. The molecule has 20 heavy (non-hydrogen) atoms. The molecule has 104 valence electrons. The van der Waals surface area contributed by atoms with Crippen molar-refractivity contribution in [3.63, 3.8) is 0 Å². The molecule has 2 aromatic carbocycles. The quantitative estimate of drug-likeness (QED) is 0.396. The predicted octanol–water partition coefficient (Wildman–Crippen LogP) is 4.26. The molecule has 2 N–H and O–H groups in total. The molecule has 0 saturated heterocycles. The van der Waals surface area contributed by atoms with E-state index in [2.05, 4.69) is 0 Å². The fourth-order valence-electron chi connectivity index (χ4n) is 1.62. The van der Waals surface area contributed by atoms with Gasteiger partial charge < -0.3 is 5.73 Å². The summed E-state index contributed by atoms with van der Waals surface area (Å²) in [6.07, 6.45) is 0. The SMILES string of the molecule is Nc1ccc(SCc2cc(F)cc([N+](=O)[O-])c2)c(Cl)c1. The van der Waals surface area contributed by atoms with Crippen LogP contribution >= 0.6 is 23.4 Å². The number of rotatable bonds is 4. The number of nitrogens with zero attached hydrogens (tertiary/aromatic N) is 1. The Labute approximate surface area is 123 Å². The maximum absolute atomic E-state index is 13.3. The number of hydrogen-bond acceptors (Lipinski definition) is 4. The van der Waals surface area contributed by atoms with Crippen molar-refractivity contribution in [3.05, 3.63) is 62.9 Å². The van der Waals surface area contributed by atoms with Gasteiger partial charge in [0.05, 0.1) is 16.0 Å². The van der Waals surface area contributed by atoms with Crippen molar-refractivity contribution in [2.45, 2.75) is 10.6 Å².